The Labute approximate surface area is 97.4 Å². The number of carbonyl (C=O) groups is 1. The lowest BCUT2D eigenvalue weighted by Gasteiger charge is -2.38. The van der Waals surface area contributed by atoms with Crippen LogP contribution in [-0.2, 0) is 11.3 Å². The van der Waals surface area contributed by atoms with Gasteiger partial charge < -0.3 is 5.73 Å². The van der Waals surface area contributed by atoms with Crippen molar-refractivity contribution in [2.24, 2.45) is 5.73 Å². The molecule has 80 valence electrons. The standard InChI is InChI=1S/C11H13BrN2O/c12-9-3-1-2-8(6-9)7-14-5-4-10(14)11(13)15/h1-3,6,10H,4-5,7H2,(H2,13,15)/t10-/m0/s1. The lowest BCUT2D eigenvalue weighted by molar-refractivity contribution is -0.127. The molecule has 1 atom stereocenters. The Balaban J connectivity index is 2.00. The number of amides is 1. The fraction of sp³-hybridized carbons (Fsp3) is 0.364. The summed E-state index contributed by atoms with van der Waals surface area (Å²) >= 11 is 3.43. The number of nitrogens with zero attached hydrogens (tertiary/aromatic N) is 1. The van der Waals surface area contributed by atoms with E-state index in [1.165, 1.54) is 5.56 Å². The first-order chi connectivity index (χ1) is 7.16. The van der Waals surface area contributed by atoms with Crippen molar-refractivity contribution in [1.29, 1.82) is 0 Å². The lowest BCUT2D eigenvalue weighted by atomic mass is 10.0. The molecule has 0 aromatic heterocycles. The molecule has 1 aromatic carbocycles. The van der Waals surface area contributed by atoms with Crippen molar-refractivity contribution >= 4 is 21.8 Å². The summed E-state index contributed by atoms with van der Waals surface area (Å²) in [5, 5.41) is 0. The van der Waals surface area contributed by atoms with E-state index in [0.29, 0.717) is 0 Å². The Morgan fingerprint density at radius 3 is 2.93 bits per heavy atom. The number of halogens is 1. The molecule has 2 N–H and O–H groups in total. The normalized spacial score (nSPS) is 21.0. The average molecular weight is 269 g/mol. The summed E-state index contributed by atoms with van der Waals surface area (Å²) in [6, 6.07) is 8.05. The minimum Gasteiger partial charge on any atom is -0.368 e. The molecule has 0 unspecified atom stereocenters. The first-order valence-electron chi connectivity index (χ1n) is 4.94. The Bertz CT molecular complexity index is 381. The summed E-state index contributed by atoms with van der Waals surface area (Å²) in [4.78, 5) is 13.1. The van der Waals surface area contributed by atoms with Crippen molar-refractivity contribution < 1.29 is 4.79 Å². The second-order valence-electron chi connectivity index (χ2n) is 3.81. The minimum absolute atomic E-state index is 0.0658. The van der Waals surface area contributed by atoms with Crippen LogP contribution in [0.1, 0.15) is 12.0 Å². The van der Waals surface area contributed by atoms with Gasteiger partial charge in [-0.1, -0.05) is 28.1 Å². The van der Waals surface area contributed by atoms with Crippen molar-refractivity contribution in [3.05, 3.63) is 34.3 Å². The molecule has 1 aromatic rings. The summed E-state index contributed by atoms with van der Waals surface area (Å²) in [6.07, 6.45) is 0.892. The molecule has 0 aliphatic carbocycles. The zero-order valence-electron chi connectivity index (χ0n) is 8.32. The summed E-state index contributed by atoms with van der Waals surface area (Å²) in [6.45, 7) is 1.76. The van der Waals surface area contributed by atoms with Gasteiger partial charge in [0, 0.05) is 17.6 Å². The molecule has 0 spiro atoms. The maximum Gasteiger partial charge on any atom is 0.234 e. The predicted molar refractivity (Wildman–Crippen MR) is 62.2 cm³/mol. The van der Waals surface area contributed by atoms with Gasteiger partial charge in [0.15, 0.2) is 0 Å². The maximum atomic E-state index is 11.0. The van der Waals surface area contributed by atoms with E-state index in [1.807, 2.05) is 12.1 Å². The number of primary amides is 1. The molecule has 1 heterocycles. The number of carbonyl (C=O) groups excluding carboxylic acids is 1. The van der Waals surface area contributed by atoms with Crippen LogP contribution in [0, 0.1) is 0 Å². The van der Waals surface area contributed by atoms with Gasteiger partial charge in [-0.3, -0.25) is 9.69 Å². The number of rotatable bonds is 3. The van der Waals surface area contributed by atoms with E-state index < -0.39 is 0 Å². The molecule has 1 fully saturated rings. The zero-order chi connectivity index (χ0) is 10.8. The third kappa shape index (κ3) is 2.38. The van der Waals surface area contributed by atoms with Crippen molar-refractivity contribution in [2.75, 3.05) is 6.54 Å². The van der Waals surface area contributed by atoms with Crippen molar-refractivity contribution in [1.82, 2.24) is 4.90 Å². The molecular weight excluding hydrogens is 256 g/mol. The molecule has 3 nitrogen and oxygen atoms in total. The number of nitrogens with two attached hydrogens (primary N) is 1. The van der Waals surface area contributed by atoms with Crippen LogP contribution < -0.4 is 5.73 Å². The topological polar surface area (TPSA) is 46.3 Å². The Kier molecular flexibility index (Phi) is 3.07. The van der Waals surface area contributed by atoms with Crippen molar-refractivity contribution in [3.63, 3.8) is 0 Å². The van der Waals surface area contributed by atoms with Crippen LogP contribution >= 0.6 is 15.9 Å². The molecule has 4 heteroatoms. The van der Waals surface area contributed by atoms with Crippen LogP contribution in [0.15, 0.2) is 28.7 Å². The Morgan fingerprint density at radius 1 is 1.60 bits per heavy atom. The third-order valence-corrected chi connectivity index (χ3v) is 3.23. The first-order valence-corrected chi connectivity index (χ1v) is 5.74. The molecule has 2 rings (SSSR count). The van der Waals surface area contributed by atoms with E-state index >= 15 is 0 Å². The van der Waals surface area contributed by atoms with E-state index in [4.69, 9.17) is 5.73 Å². The number of hydrogen-bond acceptors (Lipinski definition) is 2. The highest BCUT2D eigenvalue weighted by Crippen LogP contribution is 2.21. The SMILES string of the molecule is NC(=O)[C@@H]1CCN1Cc1cccc(Br)c1. The second kappa shape index (κ2) is 4.33. The average Bonchev–Trinajstić information content (AvgIpc) is 2.11. The predicted octanol–water partition coefficient (Wildman–Crippen LogP) is 1.51. The summed E-state index contributed by atoms with van der Waals surface area (Å²) < 4.78 is 1.07. The molecule has 1 amide bonds. The molecule has 0 bridgehead atoms. The smallest absolute Gasteiger partial charge is 0.234 e. The molecular formula is C11H13BrN2O. The molecule has 1 saturated heterocycles. The monoisotopic (exact) mass is 268 g/mol. The largest absolute Gasteiger partial charge is 0.368 e. The number of likely N-dealkylation sites (tertiary alicyclic amines) is 1. The number of benzene rings is 1. The second-order valence-corrected chi connectivity index (χ2v) is 4.72. The van der Waals surface area contributed by atoms with Gasteiger partial charge in [0.1, 0.15) is 0 Å². The lowest BCUT2D eigenvalue weighted by Crippen LogP contribution is -2.54. The van der Waals surface area contributed by atoms with Crippen LogP contribution in [0.5, 0.6) is 0 Å². The van der Waals surface area contributed by atoms with Gasteiger partial charge in [-0.05, 0) is 24.1 Å². The fourth-order valence-corrected chi connectivity index (χ4v) is 2.27. The highest BCUT2D eigenvalue weighted by molar-refractivity contribution is 9.10. The van der Waals surface area contributed by atoms with E-state index in [2.05, 4.69) is 33.0 Å². The Morgan fingerprint density at radius 2 is 2.40 bits per heavy atom. The van der Waals surface area contributed by atoms with Gasteiger partial charge in [-0.25, -0.2) is 0 Å². The van der Waals surface area contributed by atoms with Crippen molar-refractivity contribution in [2.45, 2.75) is 19.0 Å². The van der Waals surface area contributed by atoms with Crippen LogP contribution in [0.25, 0.3) is 0 Å². The zero-order valence-corrected chi connectivity index (χ0v) is 9.90. The Hall–Kier alpha value is -0.870. The molecule has 0 saturated carbocycles. The third-order valence-electron chi connectivity index (χ3n) is 2.73. The maximum absolute atomic E-state index is 11.0. The van der Waals surface area contributed by atoms with Gasteiger partial charge in [0.25, 0.3) is 0 Å². The summed E-state index contributed by atoms with van der Waals surface area (Å²) in [5.41, 5.74) is 6.49. The van der Waals surface area contributed by atoms with Crippen LogP contribution in [0.2, 0.25) is 0 Å². The van der Waals surface area contributed by atoms with E-state index in [0.717, 1.165) is 24.0 Å². The molecule has 0 radical (unpaired) electrons. The van der Waals surface area contributed by atoms with Crippen LogP contribution in [0.3, 0.4) is 0 Å². The minimum atomic E-state index is -0.212. The van der Waals surface area contributed by atoms with E-state index in [1.54, 1.807) is 0 Å². The van der Waals surface area contributed by atoms with E-state index in [9.17, 15) is 4.79 Å². The van der Waals surface area contributed by atoms with Crippen LogP contribution in [-0.4, -0.2) is 23.4 Å². The highest BCUT2D eigenvalue weighted by atomic mass is 79.9. The highest BCUT2D eigenvalue weighted by Gasteiger charge is 2.32. The van der Waals surface area contributed by atoms with Gasteiger partial charge in [-0.2, -0.15) is 0 Å². The molecule has 15 heavy (non-hydrogen) atoms. The molecule has 1 aliphatic rings. The quantitative estimate of drug-likeness (QED) is 0.904. The van der Waals surface area contributed by atoms with Crippen LogP contribution in [0.4, 0.5) is 0 Å². The van der Waals surface area contributed by atoms with E-state index in [-0.39, 0.29) is 11.9 Å². The first kappa shape index (κ1) is 10.6. The fourth-order valence-electron chi connectivity index (χ4n) is 1.82. The number of hydrogen-bond donors (Lipinski definition) is 1. The van der Waals surface area contributed by atoms with Crippen molar-refractivity contribution in [3.8, 4) is 0 Å². The van der Waals surface area contributed by atoms with Gasteiger partial charge in [0.05, 0.1) is 6.04 Å². The van der Waals surface area contributed by atoms with Gasteiger partial charge in [0.2, 0.25) is 5.91 Å². The summed E-state index contributed by atoms with van der Waals surface area (Å²) in [7, 11) is 0. The van der Waals surface area contributed by atoms with Gasteiger partial charge >= 0.3 is 0 Å². The molecule has 1 aliphatic heterocycles. The summed E-state index contributed by atoms with van der Waals surface area (Å²) in [5.74, 6) is -0.212. The van der Waals surface area contributed by atoms with Gasteiger partial charge in [-0.15, -0.1) is 0 Å².